The lowest BCUT2D eigenvalue weighted by atomic mass is 10.1. The zero-order chi connectivity index (χ0) is 17.4. The Morgan fingerprint density at radius 2 is 1.75 bits per heavy atom. The number of benzene rings is 2. The predicted octanol–water partition coefficient (Wildman–Crippen LogP) is 2.28. The number of carbonyl (C=O) groups is 2. The maximum absolute atomic E-state index is 11.8. The first-order valence-electron chi connectivity index (χ1n) is 7.39. The van der Waals surface area contributed by atoms with Crippen LogP contribution in [0.5, 0.6) is 0 Å². The van der Waals surface area contributed by atoms with Crippen LogP contribution in [0, 0.1) is 10.1 Å². The van der Waals surface area contributed by atoms with Gasteiger partial charge in [0.05, 0.1) is 11.3 Å². The third-order valence-electron chi connectivity index (χ3n) is 3.22. The quantitative estimate of drug-likeness (QED) is 0.601. The van der Waals surface area contributed by atoms with E-state index in [1.807, 2.05) is 30.3 Å². The van der Waals surface area contributed by atoms with Gasteiger partial charge in [0.1, 0.15) is 0 Å². The Labute approximate surface area is 138 Å². The smallest absolute Gasteiger partial charge is 0.271 e. The molecule has 0 fully saturated rings. The lowest BCUT2D eigenvalue weighted by molar-refractivity contribution is -0.384. The summed E-state index contributed by atoms with van der Waals surface area (Å²) in [6, 6.07) is 15.0. The van der Waals surface area contributed by atoms with Gasteiger partial charge in [0.2, 0.25) is 11.8 Å². The number of nitrogens with zero attached hydrogens (tertiary/aromatic N) is 1. The van der Waals surface area contributed by atoms with Crippen molar-refractivity contribution in [2.24, 2.45) is 0 Å². The van der Waals surface area contributed by atoms with E-state index in [1.54, 1.807) is 6.07 Å². The number of anilines is 1. The largest absolute Gasteiger partial charge is 0.355 e. The van der Waals surface area contributed by atoms with Crippen molar-refractivity contribution in [3.63, 3.8) is 0 Å². The number of carbonyl (C=O) groups excluding carboxylic acids is 2. The second kappa shape index (κ2) is 8.42. The topological polar surface area (TPSA) is 101 Å². The molecule has 2 rings (SSSR count). The molecule has 2 N–H and O–H groups in total. The van der Waals surface area contributed by atoms with Crippen molar-refractivity contribution in [1.82, 2.24) is 5.32 Å². The van der Waals surface area contributed by atoms with E-state index < -0.39 is 4.92 Å². The molecule has 0 aliphatic heterocycles. The Morgan fingerprint density at radius 3 is 2.46 bits per heavy atom. The van der Waals surface area contributed by atoms with Crippen molar-refractivity contribution in [3.05, 3.63) is 70.3 Å². The second-order valence-corrected chi connectivity index (χ2v) is 5.12. The minimum atomic E-state index is -0.528. The number of rotatable bonds is 7. The predicted molar refractivity (Wildman–Crippen MR) is 89.5 cm³/mol. The Bertz CT molecular complexity index is 732. The average molecular weight is 327 g/mol. The first kappa shape index (κ1) is 17.1. The second-order valence-electron chi connectivity index (χ2n) is 5.12. The number of hydrogen-bond donors (Lipinski definition) is 2. The monoisotopic (exact) mass is 327 g/mol. The summed E-state index contributed by atoms with van der Waals surface area (Å²) in [7, 11) is 0. The first-order valence-corrected chi connectivity index (χ1v) is 7.39. The van der Waals surface area contributed by atoms with Crippen LogP contribution in [0.3, 0.4) is 0 Å². The number of hydrogen-bond acceptors (Lipinski definition) is 4. The number of nitro benzene ring substituents is 1. The third kappa shape index (κ3) is 5.53. The fourth-order valence-corrected chi connectivity index (χ4v) is 2.08. The molecule has 0 aliphatic carbocycles. The fourth-order valence-electron chi connectivity index (χ4n) is 2.08. The minimum Gasteiger partial charge on any atom is -0.355 e. The summed E-state index contributed by atoms with van der Waals surface area (Å²) in [4.78, 5) is 33.7. The highest BCUT2D eigenvalue weighted by atomic mass is 16.6. The highest BCUT2D eigenvalue weighted by Gasteiger charge is 2.09. The summed E-state index contributed by atoms with van der Waals surface area (Å²) in [5.41, 5.74) is 1.16. The van der Waals surface area contributed by atoms with E-state index in [2.05, 4.69) is 10.6 Å². The van der Waals surface area contributed by atoms with Gasteiger partial charge in [-0.25, -0.2) is 0 Å². The molecule has 0 atom stereocenters. The molecular formula is C17H17N3O4. The van der Waals surface area contributed by atoms with E-state index in [0.717, 1.165) is 5.56 Å². The SMILES string of the molecule is O=C(Cc1ccccc1)NCCC(=O)Nc1cccc([N+](=O)[O-])c1. The van der Waals surface area contributed by atoms with Gasteiger partial charge in [0.15, 0.2) is 0 Å². The van der Waals surface area contributed by atoms with Crippen LogP contribution >= 0.6 is 0 Å². The molecular weight excluding hydrogens is 310 g/mol. The molecule has 2 aromatic rings. The molecule has 0 radical (unpaired) electrons. The fraction of sp³-hybridized carbons (Fsp3) is 0.176. The van der Waals surface area contributed by atoms with Gasteiger partial charge in [-0.2, -0.15) is 0 Å². The first-order chi connectivity index (χ1) is 11.5. The highest BCUT2D eigenvalue weighted by Crippen LogP contribution is 2.16. The molecule has 0 aromatic heterocycles. The van der Waals surface area contributed by atoms with Crippen LogP contribution < -0.4 is 10.6 Å². The van der Waals surface area contributed by atoms with Crippen molar-refractivity contribution in [2.45, 2.75) is 12.8 Å². The van der Waals surface area contributed by atoms with Crippen LogP contribution in [0.15, 0.2) is 54.6 Å². The molecule has 7 nitrogen and oxygen atoms in total. The van der Waals surface area contributed by atoms with Crippen molar-refractivity contribution in [1.29, 1.82) is 0 Å². The minimum absolute atomic E-state index is 0.0865. The van der Waals surface area contributed by atoms with Crippen LogP contribution in [0.4, 0.5) is 11.4 Å². The zero-order valence-corrected chi connectivity index (χ0v) is 12.9. The number of nitro groups is 1. The zero-order valence-electron chi connectivity index (χ0n) is 12.9. The van der Waals surface area contributed by atoms with E-state index in [0.29, 0.717) is 5.69 Å². The van der Waals surface area contributed by atoms with E-state index >= 15 is 0 Å². The van der Waals surface area contributed by atoms with Gasteiger partial charge < -0.3 is 10.6 Å². The van der Waals surface area contributed by atoms with Gasteiger partial charge in [-0.15, -0.1) is 0 Å². The molecule has 2 amide bonds. The van der Waals surface area contributed by atoms with Gasteiger partial charge in [-0.05, 0) is 11.6 Å². The molecule has 0 aliphatic rings. The molecule has 0 heterocycles. The third-order valence-corrected chi connectivity index (χ3v) is 3.22. The number of amides is 2. The normalized spacial score (nSPS) is 10.0. The van der Waals surface area contributed by atoms with Crippen molar-refractivity contribution in [3.8, 4) is 0 Å². The van der Waals surface area contributed by atoms with Crippen molar-refractivity contribution in [2.75, 3.05) is 11.9 Å². The standard InChI is InChI=1S/C17H17N3O4/c21-16(19-14-7-4-8-15(12-14)20(23)24)9-10-18-17(22)11-13-5-2-1-3-6-13/h1-8,12H,9-11H2,(H,18,22)(H,19,21). The number of non-ortho nitro benzene ring substituents is 1. The summed E-state index contributed by atoms with van der Waals surface area (Å²) in [5.74, 6) is -0.486. The van der Waals surface area contributed by atoms with Crippen molar-refractivity contribution >= 4 is 23.2 Å². The van der Waals surface area contributed by atoms with Gasteiger partial charge >= 0.3 is 0 Å². The molecule has 0 bridgehead atoms. The molecule has 0 saturated carbocycles. The summed E-state index contributed by atoms with van der Waals surface area (Å²) in [6.45, 7) is 0.201. The Hall–Kier alpha value is -3.22. The van der Waals surface area contributed by atoms with Crippen LogP contribution in [0.1, 0.15) is 12.0 Å². The molecule has 0 spiro atoms. The molecule has 0 saturated heterocycles. The van der Waals surface area contributed by atoms with Crippen molar-refractivity contribution < 1.29 is 14.5 Å². The maximum Gasteiger partial charge on any atom is 0.271 e. The molecule has 2 aromatic carbocycles. The Balaban J connectivity index is 1.74. The summed E-state index contributed by atoms with van der Waals surface area (Å²) >= 11 is 0. The summed E-state index contributed by atoms with van der Waals surface area (Å²) in [5, 5.41) is 15.9. The van der Waals surface area contributed by atoms with E-state index in [9.17, 15) is 19.7 Å². The van der Waals surface area contributed by atoms with Gasteiger partial charge in [-0.3, -0.25) is 19.7 Å². The summed E-state index contributed by atoms with van der Waals surface area (Å²) in [6.07, 6.45) is 0.344. The van der Waals surface area contributed by atoms with Crippen LogP contribution in [0.2, 0.25) is 0 Å². The van der Waals surface area contributed by atoms with Gasteiger partial charge in [0.25, 0.3) is 5.69 Å². The van der Waals surface area contributed by atoms with Crippen LogP contribution in [-0.2, 0) is 16.0 Å². The molecule has 24 heavy (non-hydrogen) atoms. The lowest BCUT2D eigenvalue weighted by Crippen LogP contribution is -2.28. The lowest BCUT2D eigenvalue weighted by Gasteiger charge is -2.07. The molecule has 0 unspecified atom stereocenters. The van der Waals surface area contributed by atoms with E-state index in [-0.39, 0.29) is 36.9 Å². The Kier molecular flexibility index (Phi) is 6.01. The molecule has 124 valence electrons. The van der Waals surface area contributed by atoms with Crippen LogP contribution in [0.25, 0.3) is 0 Å². The highest BCUT2D eigenvalue weighted by molar-refractivity contribution is 5.91. The number of nitrogens with one attached hydrogen (secondary N) is 2. The van der Waals surface area contributed by atoms with E-state index in [4.69, 9.17) is 0 Å². The van der Waals surface area contributed by atoms with Gasteiger partial charge in [0, 0.05) is 30.8 Å². The summed E-state index contributed by atoms with van der Waals surface area (Å²) < 4.78 is 0. The van der Waals surface area contributed by atoms with Crippen LogP contribution in [-0.4, -0.2) is 23.3 Å². The Morgan fingerprint density at radius 1 is 1.00 bits per heavy atom. The average Bonchev–Trinajstić information content (AvgIpc) is 2.56. The van der Waals surface area contributed by atoms with E-state index in [1.165, 1.54) is 18.2 Å². The molecule has 7 heteroatoms. The maximum atomic E-state index is 11.8. The van der Waals surface area contributed by atoms with Gasteiger partial charge in [-0.1, -0.05) is 36.4 Å².